The fraction of sp³-hybridized carbons (Fsp3) is 0.318. The predicted molar refractivity (Wildman–Crippen MR) is 121 cm³/mol. The van der Waals surface area contributed by atoms with Crippen LogP contribution in [0, 0.1) is 0 Å². The SMILES string of the molecule is CN(C)C[N+]1(S(=O)(=O)c2cc3cc(Cl)ccc3[nH]2)CCN(C(=O)c2ccccc2)CC1. The number of carbonyl (C=O) groups excluding carboxylic acids is 1. The molecular formula is C22H26ClN4O3S+. The van der Waals surface area contributed by atoms with Crippen LogP contribution in [0.5, 0.6) is 0 Å². The number of amides is 1. The summed E-state index contributed by atoms with van der Waals surface area (Å²) in [5.41, 5.74) is 1.34. The molecular weight excluding hydrogens is 436 g/mol. The van der Waals surface area contributed by atoms with E-state index < -0.39 is 10.0 Å². The number of hydrogen-bond donors (Lipinski definition) is 1. The molecule has 2 aromatic carbocycles. The number of quaternary nitrogens is 1. The highest BCUT2D eigenvalue weighted by Crippen LogP contribution is 2.30. The number of rotatable bonds is 5. The number of aromatic amines is 1. The van der Waals surface area contributed by atoms with Crippen molar-refractivity contribution >= 4 is 38.4 Å². The van der Waals surface area contributed by atoms with E-state index in [0.29, 0.717) is 43.4 Å². The number of hydrogen-bond acceptors (Lipinski definition) is 4. The number of piperazine rings is 1. The minimum absolute atomic E-state index is 0.0686. The van der Waals surface area contributed by atoms with Crippen LogP contribution in [0.4, 0.5) is 0 Å². The molecule has 2 heterocycles. The molecule has 0 bridgehead atoms. The van der Waals surface area contributed by atoms with Crippen molar-refractivity contribution in [1.82, 2.24) is 14.8 Å². The number of halogens is 1. The van der Waals surface area contributed by atoms with Gasteiger partial charge in [-0.15, -0.1) is 0 Å². The third kappa shape index (κ3) is 4.08. The molecule has 7 nitrogen and oxygen atoms in total. The highest BCUT2D eigenvalue weighted by atomic mass is 35.5. The largest absolute Gasteiger partial charge is 0.343 e. The van der Waals surface area contributed by atoms with Gasteiger partial charge in [-0.25, -0.2) is 0 Å². The summed E-state index contributed by atoms with van der Waals surface area (Å²) in [6, 6.07) is 16.0. The lowest BCUT2D eigenvalue weighted by molar-refractivity contribution is -0.822. The van der Waals surface area contributed by atoms with Crippen LogP contribution in [-0.4, -0.2) is 79.9 Å². The van der Waals surface area contributed by atoms with Crippen LogP contribution < -0.4 is 0 Å². The zero-order valence-corrected chi connectivity index (χ0v) is 19.2. The lowest BCUT2D eigenvalue weighted by Gasteiger charge is -2.43. The highest BCUT2D eigenvalue weighted by Gasteiger charge is 2.47. The Morgan fingerprint density at radius 1 is 1.10 bits per heavy atom. The molecule has 1 aliphatic rings. The van der Waals surface area contributed by atoms with Crippen molar-refractivity contribution in [3.8, 4) is 0 Å². The smallest absolute Gasteiger partial charge is 0.341 e. The number of H-pyrrole nitrogens is 1. The molecule has 4 rings (SSSR count). The van der Waals surface area contributed by atoms with E-state index in [0.717, 1.165) is 10.9 Å². The summed E-state index contributed by atoms with van der Waals surface area (Å²) < 4.78 is 27.5. The summed E-state index contributed by atoms with van der Waals surface area (Å²) in [5.74, 6) is -0.0686. The maximum Gasteiger partial charge on any atom is 0.343 e. The van der Waals surface area contributed by atoms with Crippen molar-refractivity contribution < 1.29 is 17.1 Å². The van der Waals surface area contributed by atoms with Crippen LogP contribution in [0.2, 0.25) is 5.02 Å². The Hall–Kier alpha value is -2.39. The van der Waals surface area contributed by atoms with Crippen molar-refractivity contribution in [3.63, 3.8) is 0 Å². The summed E-state index contributed by atoms with van der Waals surface area (Å²) in [4.78, 5) is 19.5. The highest BCUT2D eigenvalue weighted by molar-refractivity contribution is 7.85. The van der Waals surface area contributed by atoms with Gasteiger partial charge in [-0.1, -0.05) is 29.8 Å². The van der Waals surface area contributed by atoms with Crippen LogP contribution in [0.25, 0.3) is 10.9 Å². The molecule has 1 aliphatic heterocycles. The summed E-state index contributed by atoms with van der Waals surface area (Å²) in [7, 11) is -0.0218. The molecule has 0 radical (unpaired) electrons. The molecule has 1 fully saturated rings. The van der Waals surface area contributed by atoms with E-state index in [-0.39, 0.29) is 14.8 Å². The second kappa shape index (κ2) is 8.27. The van der Waals surface area contributed by atoms with Crippen molar-refractivity contribution in [3.05, 3.63) is 65.2 Å². The molecule has 0 atom stereocenters. The first-order valence-electron chi connectivity index (χ1n) is 10.1. The first-order chi connectivity index (χ1) is 14.7. The monoisotopic (exact) mass is 461 g/mol. The third-order valence-electron chi connectivity index (χ3n) is 5.75. The van der Waals surface area contributed by atoms with Gasteiger partial charge in [-0.2, -0.15) is 12.3 Å². The fourth-order valence-corrected chi connectivity index (χ4v) is 6.33. The van der Waals surface area contributed by atoms with E-state index in [1.807, 2.05) is 37.2 Å². The number of nitrogens with one attached hydrogen (secondary N) is 1. The Morgan fingerprint density at radius 2 is 1.77 bits per heavy atom. The second-order valence-electron chi connectivity index (χ2n) is 8.22. The van der Waals surface area contributed by atoms with Gasteiger partial charge in [0.15, 0.2) is 5.03 Å². The van der Waals surface area contributed by atoms with E-state index in [1.165, 1.54) is 0 Å². The molecule has 1 aromatic heterocycles. The molecule has 9 heteroatoms. The van der Waals surface area contributed by atoms with Gasteiger partial charge in [0.2, 0.25) is 0 Å². The van der Waals surface area contributed by atoms with Gasteiger partial charge in [0.25, 0.3) is 5.91 Å². The van der Waals surface area contributed by atoms with E-state index in [2.05, 4.69) is 4.98 Å². The molecule has 0 unspecified atom stereocenters. The zero-order chi connectivity index (χ0) is 22.2. The molecule has 1 N–H and O–H groups in total. The number of fused-ring (bicyclic) bond motifs is 1. The van der Waals surface area contributed by atoms with E-state index in [4.69, 9.17) is 11.6 Å². The van der Waals surface area contributed by atoms with Gasteiger partial charge in [0.1, 0.15) is 19.8 Å². The van der Waals surface area contributed by atoms with Crippen molar-refractivity contribution in [1.29, 1.82) is 0 Å². The van der Waals surface area contributed by atoms with Crippen LogP contribution in [-0.2, 0) is 10.0 Å². The minimum atomic E-state index is -3.75. The Kier molecular flexibility index (Phi) is 5.83. The number of carbonyl (C=O) groups is 1. The van der Waals surface area contributed by atoms with Crippen LogP contribution in [0.1, 0.15) is 10.4 Å². The first-order valence-corrected chi connectivity index (χ1v) is 11.9. The Morgan fingerprint density at radius 3 is 2.42 bits per heavy atom. The normalized spacial score (nSPS) is 16.7. The van der Waals surface area contributed by atoms with Crippen LogP contribution in [0.15, 0.2) is 59.6 Å². The van der Waals surface area contributed by atoms with E-state index >= 15 is 0 Å². The summed E-state index contributed by atoms with van der Waals surface area (Å²) in [6.45, 7) is 1.69. The first kappa shape index (κ1) is 21.8. The zero-order valence-electron chi connectivity index (χ0n) is 17.6. The summed E-state index contributed by atoms with van der Waals surface area (Å²) >= 11 is 6.07. The Bertz CT molecular complexity index is 1200. The quantitative estimate of drug-likeness (QED) is 0.593. The molecule has 0 saturated carbocycles. The minimum Gasteiger partial charge on any atom is -0.341 e. The fourth-order valence-electron chi connectivity index (χ4n) is 4.19. The molecule has 1 amide bonds. The van der Waals surface area contributed by atoms with Gasteiger partial charge < -0.3 is 9.88 Å². The van der Waals surface area contributed by atoms with Crippen molar-refractivity contribution in [2.45, 2.75) is 5.03 Å². The van der Waals surface area contributed by atoms with Crippen LogP contribution in [0.3, 0.4) is 0 Å². The van der Waals surface area contributed by atoms with Crippen molar-refractivity contribution in [2.75, 3.05) is 46.9 Å². The van der Waals surface area contributed by atoms with Crippen molar-refractivity contribution in [2.24, 2.45) is 0 Å². The molecule has 0 aliphatic carbocycles. The molecule has 0 spiro atoms. The second-order valence-corrected chi connectivity index (χ2v) is 10.8. The molecule has 164 valence electrons. The lowest BCUT2D eigenvalue weighted by atomic mass is 10.2. The predicted octanol–water partition coefficient (Wildman–Crippen LogP) is 3.00. The summed E-state index contributed by atoms with van der Waals surface area (Å²) in [6.07, 6.45) is 0. The standard InChI is InChI=1S/C22H26ClN4O3S/c1-25(2)16-27(12-10-26(11-13-27)22(28)17-6-4-3-5-7-17)31(29,30)21-15-18-14-19(23)8-9-20(18)24-21/h3-9,14-15,24H,10-13,16H2,1-2H3/q+1. The average Bonchev–Trinajstić information content (AvgIpc) is 3.18. The molecule has 1 saturated heterocycles. The number of nitrogens with zero attached hydrogens (tertiary/aromatic N) is 3. The number of aromatic nitrogens is 1. The maximum atomic E-state index is 13.8. The Labute approximate surface area is 187 Å². The third-order valence-corrected chi connectivity index (χ3v) is 8.26. The maximum absolute atomic E-state index is 13.8. The Balaban J connectivity index is 1.64. The van der Waals surface area contributed by atoms with Gasteiger partial charge in [0, 0.05) is 21.5 Å². The van der Waals surface area contributed by atoms with Gasteiger partial charge in [-0.3, -0.25) is 9.69 Å². The average molecular weight is 462 g/mol. The van der Waals surface area contributed by atoms with Gasteiger partial charge in [-0.05, 0) is 50.5 Å². The van der Waals surface area contributed by atoms with Gasteiger partial charge >= 0.3 is 10.0 Å². The van der Waals surface area contributed by atoms with Gasteiger partial charge in [0.05, 0.1) is 13.1 Å². The van der Waals surface area contributed by atoms with E-state index in [1.54, 1.807) is 41.3 Å². The summed E-state index contributed by atoms with van der Waals surface area (Å²) in [5, 5.41) is 1.49. The number of benzene rings is 2. The lowest BCUT2D eigenvalue weighted by Crippen LogP contribution is -2.65. The van der Waals surface area contributed by atoms with Crippen LogP contribution >= 0.6 is 11.6 Å². The number of sulfonamides is 1. The molecule has 31 heavy (non-hydrogen) atoms. The molecule has 3 aromatic rings. The topological polar surface area (TPSA) is 73.5 Å². The van der Waals surface area contributed by atoms with E-state index in [9.17, 15) is 13.2 Å².